The van der Waals surface area contributed by atoms with Crippen molar-refractivity contribution < 1.29 is 4.42 Å². The van der Waals surface area contributed by atoms with E-state index < -0.39 is 0 Å². The molecule has 2 N–H and O–H groups in total. The fraction of sp³-hybridized carbons (Fsp3) is 0.636. The van der Waals surface area contributed by atoms with E-state index in [2.05, 4.69) is 11.8 Å². The van der Waals surface area contributed by atoms with Crippen LogP contribution in [0.15, 0.2) is 23.0 Å². The Labute approximate surface area is 95.0 Å². The first-order valence-electron chi connectivity index (χ1n) is 5.39. The first-order valence-corrected chi connectivity index (χ1v) is 6.44. The Bertz CT molecular complexity index is 289. The van der Waals surface area contributed by atoms with Crippen molar-refractivity contribution in [2.75, 3.05) is 25.4 Å². The van der Waals surface area contributed by atoms with Crippen LogP contribution in [-0.2, 0) is 0 Å². The molecule has 84 valence electrons. The van der Waals surface area contributed by atoms with Gasteiger partial charge in [0.1, 0.15) is 0 Å². The lowest BCUT2D eigenvalue weighted by Gasteiger charge is -2.36. The van der Waals surface area contributed by atoms with Gasteiger partial charge in [0, 0.05) is 36.2 Å². The van der Waals surface area contributed by atoms with Crippen LogP contribution in [0, 0.1) is 0 Å². The molecule has 4 heteroatoms. The van der Waals surface area contributed by atoms with Crippen LogP contribution in [0.5, 0.6) is 0 Å². The highest BCUT2D eigenvalue weighted by Crippen LogP contribution is 2.26. The van der Waals surface area contributed by atoms with E-state index in [0.717, 1.165) is 13.1 Å². The fourth-order valence-electron chi connectivity index (χ4n) is 2.09. The third-order valence-corrected chi connectivity index (χ3v) is 4.00. The Kier molecular flexibility index (Phi) is 3.72. The Morgan fingerprint density at radius 3 is 3.20 bits per heavy atom. The monoisotopic (exact) mass is 226 g/mol. The number of hydrogen-bond acceptors (Lipinski definition) is 4. The third-order valence-electron chi connectivity index (χ3n) is 2.86. The molecule has 2 rings (SSSR count). The Balaban J connectivity index is 2.06. The lowest BCUT2D eigenvalue weighted by atomic mass is 10.1. The lowest BCUT2D eigenvalue weighted by molar-refractivity contribution is 0.210. The second kappa shape index (κ2) is 5.05. The summed E-state index contributed by atoms with van der Waals surface area (Å²) < 4.78 is 5.13. The minimum atomic E-state index is 0.326. The molecule has 1 fully saturated rings. The smallest absolute Gasteiger partial charge is 0.0950 e. The van der Waals surface area contributed by atoms with Gasteiger partial charge in [-0.3, -0.25) is 4.90 Å². The molecule has 0 saturated carbocycles. The zero-order chi connectivity index (χ0) is 10.7. The van der Waals surface area contributed by atoms with E-state index in [4.69, 9.17) is 10.2 Å². The summed E-state index contributed by atoms with van der Waals surface area (Å²) in [6, 6.07) is 2.34. The second-order valence-electron chi connectivity index (χ2n) is 3.98. The van der Waals surface area contributed by atoms with Crippen molar-refractivity contribution in [3.05, 3.63) is 24.2 Å². The molecule has 15 heavy (non-hydrogen) atoms. The molecule has 2 unspecified atom stereocenters. The van der Waals surface area contributed by atoms with Gasteiger partial charge in [0.05, 0.1) is 18.6 Å². The van der Waals surface area contributed by atoms with Crippen LogP contribution in [0.3, 0.4) is 0 Å². The van der Waals surface area contributed by atoms with Crippen molar-refractivity contribution in [3.8, 4) is 0 Å². The van der Waals surface area contributed by atoms with E-state index in [1.165, 1.54) is 11.3 Å². The predicted molar refractivity (Wildman–Crippen MR) is 64.0 cm³/mol. The van der Waals surface area contributed by atoms with Gasteiger partial charge in [-0.2, -0.15) is 11.8 Å². The molecule has 0 aliphatic carbocycles. The van der Waals surface area contributed by atoms with E-state index >= 15 is 0 Å². The molecule has 0 radical (unpaired) electrons. The highest BCUT2D eigenvalue weighted by atomic mass is 32.2. The topological polar surface area (TPSA) is 42.4 Å². The van der Waals surface area contributed by atoms with Gasteiger partial charge in [-0.25, -0.2) is 0 Å². The predicted octanol–water partition coefficient (Wildman–Crippen LogP) is 1.72. The molecule has 0 bridgehead atoms. The molecule has 0 amide bonds. The number of rotatable bonds is 3. The van der Waals surface area contributed by atoms with Crippen LogP contribution in [0.25, 0.3) is 0 Å². The Hall–Kier alpha value is -0.450. The summed E-state index contributed by atoms with van der Waals surface area (Å²) in [6.07, 6.45) is 3.53. The molecular formula is C11H18N2OS. The van der Waals surface area contributed by atoms with Crippen LogP contribution >= 0.6 is 11.8 Å². The van der Waals surface area contributed by atoms with Gasteiger partial charge in [0.25, 0.3) is 0 Å². The molecule has 2 atom stereocenters. The van der Waals surface area contributed by atoms with Crippen molar-refractivity contribution >= 4 is 11.8 Å². The first-order chi connectivity index (χ1) is 7.31. The molecule has 1 aromatic heterocycles. The summed E-state index contributed by atoms with van der Waals surface area (Å²) >= 11 is 2.04. The zero-order valence-corrected chi connectivity index (χ0v) is 9.87. The van der Waals surface area contributed by atoms with Crippen LogP contribution in [0.2, 0.25) is 0 Å². The fourth-order valence-corrected chi connectivity index (χ4v) is 3.13. The largest absolute Gasteiger partial charge is 0.472 e. The number of thioether (sulfide) groups is 1. The van der Waals surface area contributed by atoms with Gasteiger partial charge in [0.15, 0.2) is 0 Å². The quantitative estimate of drug-likeness (QED) is 0.852. The minimum Gasteiger partial charge on any atom is -0.472 e. The number of hydrogen-bond donors (Lipinski definition) is 1. The molecule has 2 heterocycles. The van der Waals surface area contributed by atoms with Gasteiger partial charge in [0.2, 0.25) is 0 Å². The molecule has 1 aliphatic rings. The van der Waals surface area contributed by atoms with Gasteiger partial charge < -0.3 is 10.2 Å². The van der Waals surface area contributed by atoms with Crippen LogP contribution in [-0.4, -0.2) is 35.5 Å². The van der Waals surface area contributed by atoms with Crippen molar-refractivity contribution in [1.29, 1.82) is 0 Å². The summed E-state index contributed by atoms with van der Waals surface area (Å²) in [5.74, 6) is 1.20. The molecule has 3 nitrogen and oxygen atoms in total. The van der Waals surface area contributed by atoms with Crippen LogP contribution < -0.4 is 5.73 Å². The SMILES string of the molecule is CC1CN(C(CN)c2ccoc2)CCS1. The maximum absolute atomic E-state index is 5.85. The molecule has 0 spiro atoms. The average Bonchev–Trinajstić information content (AvgIpc) is 2.72. The van der Waals surface area contributed by atoms with E-state index in [-0.39, 0.29) is 0 Å². The van der Waals surface area contributed by atoms with Crippen LogP contribution in [0.1, 0.15) is 18.5 Å². The van der Waals surface area contributed by atoms with Gasteiger partial charge >= 0.3 is 0 Å². The lowest BCUT2D eigenvalue weighted by Crippen LogP contribution is -2.41. The summed E-state index contributed by atoms with van der Waals surface area (Å²) in [7, 11) is 0. The maximum atomic E-state index is 5.85. The Morgan fingerprint density at radius 1 is 1.73 bits per heavy atom. The summed E-state index contributed by atoms with van der Waals surface area (Å²) in [6.45, 7) is 5.19. The first kappa shape index (κ1) is 11.0. The maximum Gasteiger partial charge on any atom is 0.0950 e. The normalized spacial score (nSPS) is 25.3. The summed E-state index contributed by atoms with van der Waals surface area (Å²) in [4.78, 5) is 2.46. The van der Waals surface area contributed by atoms with E-state index in [0.29, 0.717) is 17.8 Å². The second-order valence-corrected chi connectivity index (χ2v) is 5.53. The van der Waals surface area contributed by atoms with Gasteiger partial charge in [-0.15, -0.1) is 0 Å². The summed E-state index contributed by atoms with van der Waals surface area (Å²) in [5.41, 5.74) is 7.06. The van der Waals surface area contributed by atoms with E-state index in [1.54, 1.807) is 6.26 Å². The third kappa shape index (κ3) is 2.56. The zero-order valence-electron chi connectivity index (χ0n) is 9.06. The highest BCUT2D eigenvalue weighted by Gasteiger charge is 2.24. The van der Waals surface area contributed by atoms with E-state index in [1.807, 2.05) is 24.1 Å². The molecule has 1 saturated heterocycles. The van der Waals surface area contributed by atoms with Gasteiger partial charge in [-0.05, 0) is 6.07 Å². The standard InChI is InChI=1S/C11H18N2OS/c1-9-7-13(3-5-15-9)11(6-12)10-2-4-14-8-10/h2,4,8-9,11H,3,5-7,12H2,1H3. The van der Waals surface area contributed by atoms with Crippen molar-refractivity contribution in [1.82, 2.24) is 4.90 Å². The number of nitrogens with two attached hydrogens (primary N) is 1. The summed E-state index contributed by atoms with van der Waals surface area (Å²) in [5, 5.41) is 0.708. The van der Waals surface area contributed by atoms with Crippen molar-refractivity contribution in [3.63, 3.8) is 0 Å². The molecule has 1 aliphatic heterocycles. The Morgan fingerprint density at radius 2 is 2.60 bits per heavy atom. The number of furan rings is 1. The molecule has 0 aromatic carbocycles. The average molecular weight is 226 g/mol. The van der Waals surface area contributed by atoms with E-state index in [9.17, 15) is 0 Å². The van der Waals surface area contributed by atoms with Crippen molar-refractivity contribution in [2.24, 2.45) is 5.73 Å². The van der Waals surface area contributed by atoms with Crippen molar-refractivity contribution in [2.45, 2.75) is 18.2 Å². The molecular weight excluding hydrogens is 208 g/mol. The van der Waals surface area contributed by atoms with Crippen LogP contribution in [0.4, 0.5) is 0 Å². The molecule has 1 aromatic rings. The van der Waals surface area contributed by atoms with Gasteiger partial charge in [-0.1, -0.05) is 6.92 Å². The minimum absolute atomic E-state index is 0.326. The number of nitrogens with zero attached hydrogens (tertiary/aromatic N) is 1. The highest BCUT2D eigenvalue weighted by molar-refractivity contribution is 7.99.